The maximum Gasteiger partial charge on any atom is 0.123 e. The predicted octanol–water partition coefficient (Wildman–Crippen LogP) is 3.91. The Bertz CT molecular complexity index is 369. The molecule has 1 aromatic carbocycles. The van der Waals surface area contributed by atoms with E-state index in [4.69, 9.17) is 0 Å². The van der Waals surface area contributed by atoms with E-state index in [0.29, 0.717) is 6.04 Å². The van der Waals surface area contributed by atoms with Gasteiger partial charge in [0, 0.05) is 12.1 Å². The summed E-state index contributed by atoms with van der Waals surface area (Å²) in [6, 6.07) is 7.73. The van der Waals surface area contributed by atoms with Crippen LogP contribution in [-0.2, 0) is 0 Å². The quantitative estimate of drug-likeness (QED) is 0.834. The molecule has 1 unspecified atom stereocenters. The standard InChI is InChI=1S/C15H22FN/c1-10(2)13-8-15(9-13)17-11(3)12-5-4-6-14(16)7-12/h4-7,10-11,13,15,17H,8-9H2,1-3H3. The molecule has 1 aliphatic rings. The van der Waals surface area contributed by atoms with Crippen LogP contribution in [0.2, 0.25) is 0 Å². The summed E-state index contributed by atoms with van der Waals surface area (Å²) >= 11 is 0. The van der Waals surface area contributed by atoms with Gasteiger partial charge in [-0.15, -0.1) is 0 Å². The first-order chi connectivity index (χ1) is 8.06. The Kier molecular flexibility index (Phi) is 3.82. The molecule has 0 saturated heterocycles. The van der Waals surface area contributed by atoms with Crippen LogP contribution in [0.15, 0.2) is 24.3 Å². The van der Waals surface area contributed by atoms with Gasteiger partial charge in [-0.1, -0.05) is 26.0 Å². The highest BCUT2D eigenvalue weighted by molar-refractivity contribution is 5.19. The summed E-state index contributed by atoms with van der Waals surface area (Å²) in [6.07, 6.45) is 2.52. The first-order valence-electron chi connectivity index (χ1n) is 6.57. The van der Waals surface area contributed by atoms with E-state index in [2.05, 4.69) is 26.1 Å². The van der Waals surface area contributed by atoms with Gasteiger partial charge in [0.05, 0.1) is 0 Å². The second kappa shape index (κ2) is 5.18. The maximum atomic E-state index is 13.1. The molecule has 0 heterocycles. The number of hydrogen-bond donors (Lipinski definition) is 1. The van der Waals surface area contributed by atoms with E-state index in [0.717, 1.165) is 17.4 Å². The molecule has 1 N–H and O–H groups in total. The average molecular weight is 235 g/mol. The van der Waals surface area contributed by atoms with Crippen molar-refractivity contribution in [3.05, 3.63) is 35.6 Å². The lowest BCUT2D eigenvalue weighted by Gasteiger charge is -2.40. The minimum atomic E-state index is -0.148. The van der Waals surface area contributed by atoms with E-state index >= 15 is 0 Å². The van der Waals surface area contributed by atoms with Gasteiger partial charge in [-0.2, -0.15) is 0 Å². The summed E-state index contributed by atoms with van der Waals surface area (Å²) in [6.45, 7) is 6.69. The van der Waals surface area contributed by atoms with Gasteiger partial charge in [-0.25, -0.2) is 4.39 Å². The van der Waals surface area contributed by atoms with E-state index in [1.165, 1.54) is 18.9 Å². The molecule has 2 heteroatoms. The molecule has 0 aromatic heterocycles. The van der Waals surface area contributed by atoms with E-state index in [1.54, 1.807) is 12.1 Å². The number of hydrogen-bond acceptors (Lipinski definition) is 1. The van der Waals surface area contributed by atoms with Crippen molar-refractivity contribution in [3.8, 4) is 0 Å². The molecule has 1 fully saturated rings. The van der Waals surface area contributed by atoms with Gasteiger partial charge < -0.3 is 5.32 Å². The Morgan fingerprint density at radius 2 is 1.94 bits per heavy atom. The molecule has 1 aromatic rings. The molecule has 0 aliphatic heterocycles. The molecule has 0 radical (unpaired) electrons. The lowest BCUT2D eigenvalue weighted by molar-refractivity contribution is 0.159. The van der Waals surface area contributed by atoms with Gasteiger partial charge in [0.15, 0.2) is 0 Å². The Hall–Kier alpha value is -0.890. The van der Waals surface area contributed by atoms with Crippen molar-refractivity contribution in [2.75, 3.05) is 0 Å². The van der Waals surface area contributed by atoms with E-state index in [9.17, 15) is 4.39 Å². The van der Waals surface area contributed by atoms with Crippen LogP contribution in [-0.4, -0.2) is 6.04 Å². The summed E-state index contributed by atoms with van der Waals surface area (Å²) in [5.74, 6) is 1.51. The number of halogens is 1. The van der Waals surface area contributed by atoms with Crippen molar-refractivity contribution < 1.29 is 4.39 Å². The van der Waals surface area contributed by atoms with Crippen LogP contribution in [0.25, 0.3) is 0 Å². The first kappa shape index (κ1) is 12.6. The summed E-state index contributed by atoms with van der Waals surface area (Å²) in [5, 5.41) is 3.58. The van der Waals surface area contributed by atoms with E-state index < -0.39 is 0 Å². The highest BCUT2D eigenvalue weighted by Gasteiger charge is 2.31. The van der Waals surface area contributed by atoms with Crippen LogP contribution < -0.4 is 5.32 Å². The van der Waals surface area contributed by atoms with Gasteiger partial charge in [-0.05, 0) is 49.3 Å². The third kappa shape index (κ3) is 3.06. The van der Waals surface area contributed by atoms with Crippen LogP contribution in [0.5, 0.6) is 0 Å². The summed E-state index contributed by atoms with van der Waals surface area (Å²) in [4.78, 5) is 0. The number of rotatable bonds is 4. The van der Waals surface area contributed by atoms with Crippen LogP contribution in [0.1, 0.15) is 45.2 Å². The largest absolute Gasteiger partial charge is 0.307 e. The van der Waals surface area contributed by atoms with Crippen molar-refractivity contribution in [3.63, 3.8) is 0 Å². The van der Waals surface area contributed by atoms with Crippen molar-refractivity contribution in [1.29, 1.82) is 0 Å². The summed E-state index contributed by atoms with van der Waals surface area (Å²) in [5.41, 5.74) is 1.04. The van der Waals surface area contributed by atoms with Gasteiger partial charge in [-0.3, -0.25) is 0 Å². The molecule has 1 aliphatic carbocycles. The molecular weight excluding hydrogens is 213 g/mol. The lowest BCUT2D eigenvalue weighted by atomic mass is 9.73. The van der Waals surface area contributed by atoms with Gasteiger partial charge in [0.1, 0.15) is 5.82 Å². The minimum Gasteiger partial charge on any atom is -0.307 e. The van der Waals surface area contributed by atoms with Gasteiger partial charge >= 0.3 is 0 Å². The molecule has 2 rings (SSSR count). The molecule has 17 heavy (non-hydrogen) atoms. The fourth-order valence-electron chi connectivity index (χ4n) is 2.57. The highest BCUT2D eigenvalue weighted by atomic mass is 19.1. The van der Waals surface area contributed by atoms with Crippen molar-refractivity contribution in [1.82, 2.24) is 5.32 Å². The average Bonchev–Trinajstić information content (AvgIpc) is 2.21. The van der Waals surface area contributed by atoms with E-state index in [1.807, 2.05) is 6.07 Å². The van der Waals surface area contributed by atoms with Crippen LogP contribution in [0.4, 0.5) is 4.39 Å². The van der Waals surface area contributed by atoms with Gasteiger partial charge in [0.2, 0.25) is 0 Å². The Morgan fingerprint density at radius 3 is 2.53 bits per heavy atom. The zero-order chi connectivity index (χ0) is 12.4. The summed E-state index contributed by atoms with van der Waals surface area (Å²) < 4.78 is 13.1. The van der Waals surface area contributed by atoms with Crippen LogP contribution in [0.3, 0.4) is 0 Å². The molecule has 0 spiro atoms. The second-order valence-electron chi connectivity index (χ2n) is 5.62. The molecule has 0 bridgehead atoms. The maximum absolute atomic E-state index is 13.1. The molecule has 1 saturated carbocycles. The normalized spacial score (nSPS) is 25.7. The fraction of sp³-hybridized carbons (Fsp3) is 0.600. The van der Waals surface area contributed by atoms with Crippen molar-refractivity contribution in [2.45, 2.75) is 45.7 Å². The van der Waals surface area contributed by atoms with E-state index in [-0.39, 0.29) is 11.9 Å². The fourth-order valence-corrected chi connectivity index (χ4v) is 2.57. The van der Waals surface area contributed by atoms with Gasteiger partial charge in [0.25, 0.3) is 0 Å². The van der Waals surface area contributed by atoms with Crippen molar-refractivity contribution in [2.24, 2.45) is 11.8 Å². The Morgan fingerprint density at radius 1 is 1.24 bits per heavy atom. The molecular formula is C15H22FN. The predicted molar refractivity (Wildman–Crippen MR) is 69.3 cm³/mol. The molecule has 94 valence electrons. The van der Waals surface area contributed by atoms with Crippen molar-refractivity contribution >= 4 is 0 Å². The third-order valence-electron chi connectivity index (χ3n) is 3.95. The number of benzene rings is 1. The molecule has 1 atom stereocenters. The minimum absolute atomic E-state index is 0.148. The second-order valence-corrected chi connectivity index (χ2v) is 5.62. The first-order valence-corrected chi connectivity index (χ1v) is 6.57. The van der Waals surface area contributed by atoms with Crippen LogP contribution in [0, 0.1) is 17.7 Å². The topological polar surface area (TPSA) is 12.0 Å². The smallest absolute Gasteiger partial charge is 0.123 e. The lowest BCUT2D eigenvalue weighted by Crippen LogP contribution is -2.44. The zero-order valence-electron chi connectivity index (χ0n) is 10.9. The number of nitrogens with one attached hydrogen (secondary N) is 1. The molecule has 1 nitrogen and oxygen atoms in total. The SMILES string of the molecule is CC(NC1CC(C(C)C)C1)c1cccc(F)c1. The van der Waals surface area contributed by atoms with Crippen LogP contribution >= 0.6 is 0 Å². The summed E-state index contributed by atoms with van der Waals surface area (Å²) in [7, 11) is 0. The zero-order valence-corrected chi connectivity index (χ0v) is 10.9. The third-order valence-corrected chi connectivity index (χ3v) is 3.95. The Labute approximate surface area is 103 Å². The highest BCUT2D eigenvalue weighted by Crippen LogP contribution is 2.34. The molecule has 0 amide bonds. The monoisotopic (exact) mass is 235 g/mol. The Balaban J connectivity index is 1.85.